The first kappa shape index (κ1) is 43.9. The molecule has 298 valence electrons. The summed E-state index contributed by atoms with van der Waals surface area (Å²) in [4.78, 5) is 25.2. The van der Waals surface area contributed by atoms with E-state index in [9.17, 15) is 18.0 Å². The zero-order chi connectivity index (χ0) is 39.4. The molecule has 4 aromatic rings. The number of rotatable bonds is 25. The first-order valence-corrected chi connectivity index (χ1v) is 23.9. The van der Waals surface area contributed by atoms with Crippen LogP contribution in [0, 0.1) is 0 Å². The van der Waals surface area contributed by atoms with E-state index >= 15 is 0 Å². The fourth-order valence-corrected chi connectivity index (χ4v) is 16.5. The Morgan fingerprint density at radius 1 is 0.491 bits per heavy atom. The molecule has 0 saturated carbocycles. The summed E-state index contributed by atoms with van der Waals surface area (Å²) in [7, 11) is -2.28. The van der Waals surface area contributed by atoms with Gasteiger partial charge in [0.05, 0.1) is 0 Å². The molecule has 9 heteroatoms. The number of carbonyl (C=O) groups excluding carboxylic acids is 2. The van der Waals surface area contributed by atoms with E-state index in [4.69, 9.17) is 13.4 Å². The van der Waals surface area contributed by atoms with Crippen LogP contribution in [0.15, 0.2) is 114 Å². The molecule has 0 saturated heterocycles. The molecule has 0 aromatic heterocycles. The summed E-state index contributed by atoms with van der Waals surface area (Å²) < 4.78 is 46.8. The molecule has 0 radical (unpaired) electrons. The number of benzene rings is 4. The van der Waals surface area contributed by atoms with Crippen LogP contribution in [0.4, 0.5) is 0 Å². The summed E-state index contributed by atoms with van der Waals surface area (Å²) in [5.74, 6) is -1.58. The monoisotopic (exact) mass is 788 g/mol. The summed E-state index contributed by atoms with van der Waals surface area (Å²) in [5.41, 5.74) is -0.213. The molecule has 7 nitrogen and oxygen atoms in total. The van der Waals surface area contributed by atoms with Crippen molar-refractivity contribution >= 4 is 44.8 Å². The summed E-state index contributed by atoms with van der Waals surface area (Å²) >= 11 is 0. The van der Waals surface area contributed by atoms with E-state index in [2.05, 4.69) is 6.92 Å². The number of hydrogen-bond donors (Lipinski definition) is 0. The van der Waals surface area contributed by atoms with Gasteiger partial charge < -0.3 is 0 Å². The van der Waals surface area contributed by atoms with E-state index in [0.29, 0.717) is 6.16 Å². The van der Waals surface area contributed by atoms with Crippen molar-refractivity contribution in [3.05, 3.63) is 120 Å². The summed E-state index contributed by atoms with van der Waals surface area (Å²) in [6, 6.07) is 32.7. The Bertz CT molecular complexity index is 1730. The zero-order valence-electron chi connectivity index (χ0n) is 33.1. The van der Waals surface area contributed by atoms with Crippen molar-refractivity contribution in [3.63, 3.8) is 0 Å². The van der Waals surface area contributed by atoms with Gasteiger partial charge in [-0.25, -0.2) is 0 Å². The van der Waals surface area contributed by atoms with Gasteiger partial charge >= 0.3 is 292 Å². The van der Waals surface area contributed by atoms with Crippen LogP contribution >= 0.6 is 6.83 Å². The number of methoxy groups -OCH3 is 2. The minimum absolute atomic E-state index is 0.107. The van der Waals surface area contributed by atoms with Crippen molar-refractivity contribution in [1.29, 1.82) is 0 Å². The van der Waals surface area contributed by atoms with Crippen LogP contribution in [0.2, 0.25) is 0 Å². The van der Waals surface area contributed by atoms with Crippen LogP contribution in [0.5, 0.6) is 0 Å². The molecule has 0 bridgehead atoms. The van der Waals surface area contributed by atoms with E-state index in [-0.39, 0.29) is 16.0 Å². The second-order valence-electron chi connectivity index (χ2n) is 14.5. The molecular formula is C46H61O7PS. The van der Waals surface area contributed by atoms with Gasteiger partial charge in [0.15, 0.2) is 0 Å². The summed E-state index contributed by atoms with van der Waals surface area (Å²) in [6.07, 6.45) is 20.1. The predicted molar refractivity (Wildman–Crippen MR) is 227 cm³/mol. The van der Waals surface area contributed by atoms with Gasteiger partial charge in [0.2, 0.25) is 0 Å². The van der Waals surface area contributed by atoms with Crippen molar-refractivity contribution in [1.82, 2.24) is 0 Å². The third-order valence-corrected chi connectivity index (χ3v) is 18.9. The first-order chi connectivity index (χ1) is 26.7. The topological polar surface area (TPSA) is 96.0 Å². The molecule has 0 aliphatic rings. The van der Waals surface area contributed by atoms with Crippen LogP contribution in [0.3, 0.4) is 0 Å². The van der Waals surface area contributed by atoms with Gasteiger partial charge in [0, 0.05) is 0 Å². The van der Waals surface area contributed by atoms with Crippen molar-refractivity contribution < 1.29 is 31.5 Å². The van der Waals surface area contributed by atoms with Crippen LogP contribution in [-0.4, -0.2) is 40.7 Å². The molecule has 0 atom stereocenters. The van der Waals surface area contributed by atoms with E-state index in [1.54, 1.807) is 0 Å². The van der Waals surface area contributed by atoms with Crippen LogP contribution in [-0.2, 0) is 23.6 Å². The summed E-state index contributed by atoms with van der Waals surface area (Å²) in [6.45, 7) is -2.10. The van der Waals surface area contributed by atoms with Crippen LogP contribution in [0.25, 0.3) is 0 Å². The van der Waals surface area contributed by atoms with Gasteiger partial charge in [-0.2, -0.15) is 0 Å². The molecule has 0 unspecified atom stereocenters. The first-order valence-electron chi connectivity index (χ1n) is 20.2. The Balaban J connectivity index is 1.64. The maximum atomic E-state index is 15.0. The van der Waals surface area contributed by atoms with Gasteiger partial charge in [0.25, 0.3) is 0 Å². The van der Waals surface area contributed by atoms with Crippen molar-refractivity contribution in [3.8, 4) is 0 Å². The molecular weight excluding hydrogens is 728 g/mol. The number of esters is 2. The van der Waals surface area contributed by atoms with Crippen LogP contribution < -0.4 is 15.9 Å². The number of hydrogen-bond acceptors (Lipinski definition) is 7. The molecule has 55 heavy (non-hydrogen) atoms. The molecule has 0 aliphatic heterocycles. The van der Waals surface area contributed by atoms with Gasteiger partial charge in [-0.05, 0) is 0 Å². The van der Waals surface area contributed by atoms with Gasteiger partial charge in [-0.1, -0.05) is 39.0 Å². The van der Waals surface area contributed by atoms with E-state index in [0.717, 1.165) is 41.6 Å². The quantitative estimate of drug-likeness (QED) is 0.0375. The zero-order valence-corrected chi connectivity index (χ0v) is 34.8. The normalized spacial score (nSPS) is 12.5. The standard InChI is InChI=1S/C46H61O7PS/c1-4-5-6-7-8-9-10-11-12-13-14-15-16-17-18-28-35-54(41-29-22-19-23-30-41,42-31-24-20-25-32-42,43-33-26-21-27-34-43)53-55(49,50)44-37-39(45(47)51-2)36-40(38-44)46(48)52-3/h19-27,29-34,36-38H,4-18,28,35H2,1-3H3. The molecule has 0 spiro atoms. The minimum atomic E-state index is -4.68. The number of ether oxygens (including phenoxy) is 2. The molecule has 0 heterocycles. The Kier molecular flexibility index (Phi) is 17.6. The molecule has 0 aliphatic carbocycles. The Hall–Kier alpha value is -3.84. The SMILES string of the molecule is CCCCCCCCCCCCCCCCCCP(OS(=O)(=O)c1cc(C(=O)OC)cc(C(=O)OC)c1)(c1ccccc1)(c1ccccc1)c1ccccc1. The summed E-state index contributed by atoms with van der Waals surface area (Å²) in [5, 5.41) is 2.31. The molecule has 0 amide bonds. The van der Waals surface area contributed by atoms with Crippen molar-refractivity contribution in [2.75, 3.05) is 20.4 Å². The third kappa shape index (κ3) is 11.4. The number of carbonyl (C=O) groups is 2. The fraction of sp³-hybridized carbons (Fsp3) is 0.435. The van der Waals surface area contributed by atoms with Crippen molar-refractivity contribution in [2.45, 2.75) is 115 Å². The van der Waals surface area contributed by atoms with Gasteiger partial charge in [-0.15, -0.1) is 0 Å². The van der Waals surface area contributed by atoms with E-state index < -0.39 is 28.9 Å². The number of unbranched alkanes of at least 4 members (excludes halogenated alkanes) is 15. The second kappa shape index (κ2) is 22.0. The molecule has 4 rings (SSSR count). The fourth-order valence-electron chi connectivity index (χ4n) is 7.67. The van der Waals surface area contributed by atoms with Gasteiger partial charge in [-0.3, -0.25) is 0 Å². The Labute approximate surface area is 330 Å². The maximum absolute atomic E-state index is 15.0. The second-order valence-corrected chi connectivity index (χ2v) is 20.9. The molecule has 0 fully saturated rings. The molecule has 4 aromatic carbocycles. The average Bonchev–Trinajstić information content (AvgIpc) is 3.23. The molecule has 0 N–H and O–H groups in total. The van der Waals surface area contributed by atoms with Crippen molar-refractivity contribution in [2.24, 2.45) is 0 Å². The van der Waals surface area contributed by atoms with Crippen LogP contribution in [0.1, 0.15) is 130 Å². The van der Waals surface area contributed by atoms with E-state index in [1.165, 1.54) is 109 Å². The Morgan fingerprint density at radius 2 is 0.818 bits per heavy atom. The average molecular weight is 789 g/mol. The Morgan fingerprint density at radius 3 is 1.15 bits per heavy atom. The van der Waals surface area contributed by atoms with Gasteiger partial charge in [0.1, 0.15) is 0 Å². The predicted octanol–water partition coefficient (Wildman–Crippen LogP) is 10.7. The van der Waals surface area contributed by atoms with E-state index in [1.807, 2.05) is 91.0 Å². The third-order valence-electron chi connectivity index (χ3n) is 10.6.